The highest BCUT2D eigenvalue weighted by Crippen LogP contribution is 2.40. The summed E-state index contributed by atoms with van der Waals surface area (Å²) in [6.45, 7) is 7.86. The number of amidine groups is 2. The van der Waals surface area contributed by atoms with Crippen molar-refractivity contribution < 1.29 is 43.1 Å². The third-order valence-corrected chi connectivity index (χ3v) is 9.81. The standard InChI is InChI=1S/C38H58N7O9P/c1-28(39)41-22-14-12-20-32(35(48)52-25-30-16-8-6-9-17-30)43-55(51,27-45(24-34(46)47)37(50)54-38(3,4)5)44-33(21-13-15-23-42-29(2)40)36(49)53-26-31-18-10-7-11-19-31/h6-11,16-19,32-33H,12-15,20-27H2,1-5H3,(H2,39,41)(H2,40,42)(H,46,47)(H2,43,44,51). The topological polar surface area (TPSA) is 237 Å². The second-order valence-electron chi connectivity index (χ2n) is 14.0. The summed E-state index contributed by atoms with van der Waals surface area (Å²) < 4.78 is 32.0. The molecule has 0 fully saturated rings. The normalized spacial score (nSPS) is 14.3. The van der Waals surface area contributed by atoms with Gasteiger partial charge in [0.15, 0.2) is 0 Å². The first kappa shape index (κ1) is 46.4. The van der Waals surface area contributed by atoms with E-state index in [-0.39, 0.29) is 26.1 Å². The van der Waals surface area contributed by atoms with E-state index in [0.717, 1.165) is 16.0 Å². The summed E-state index contributed by atoms with van der Waals surface area (Å²) in [5.74, 6) is -2.08. The van der Waals surface area contributed by atoms with Crippen LogP contribution in [0.2, 0.25) is 0 Å². The number of esters is 2. The zero-order chi connectivity index (χ0) is 40.9. The van der Waals surface area contributed by atoms with Crippen LogP contribution in [0.15, 0.2) is 70.6 Å². The van der Waals surface area contributed by atoms with Gasteiger partial charge in [-0.3, -0.25) is 33.8 Å². The van der Waals surface area contributed by atoms with Gasteiger partial charge in [-0.25, -0.2) is 15.0 Å². The molecule has 2 unspecified atom stereocenters. The maximum atomic E-state index is 15.3. The fourth-order valence-corrected chi connectivity index (χ4v) is 7.50. The molecule has 16 nitrogen and oxygen atoms in total. The minimum absolute atomic E-state index is 0.0749. The number of nitrogens with two attached hydrogens (primary N) is 2. The maximum absolute atomic E-state index is 15.3. The van der Waals surface area contributed by atoms with Gasteiger partial charge in [0.1, 0.15) is 43.7 Å². The van der Waals surface area contributed by atoms with Gasteiger partial charge < -0.3 is 30.8 Å². The summed E-state index contributed by atoms with van der Waals surface area (Å²) in [6.07, 6.45) is 0.290. The molecule has 0 radical (unpaired) electrons. The monoisotopic (exact) mass is 787 g/mol. The molecule has 2 aromatic carbocycles. The minimum Gasteiger partial charge on any atom is -0.480 e. The lowest BCUT2D eigenvalue weighted by atomic mass is 10.1. The van der Waals surface area contributed by atoms with Crippen LogP contribution in [0.3, 0.4) is 0 Å². The third kappa shape index (κ3) is 20.5. The quantitative estimate of drug-likeness (QED) is 0.0237. The Morgan fingerprint density at radius 2 is 1.18 bits per heavy atom. The van der Waals surface area contributed by atoms with Crippen molar-refractivity contribution in [3.05, 3.63) is 71.8 Å². The lowest BCUT2D eigenvalue weighted by Gasteiger charge is -2.33. The van der Waals surface area contributed by atoms with Crippen molar-refractivity contribution in [2.45, 2.75) is 104 Å². The Morgan fingerprint density at radius 3 is 1.55 bits per heavy atom. The van der Waals surface area contributed by atoms with E-state index in [1.165, 1.54) is 0 Å². The molecular weight excluding hydrogens is 729 g/mol. The number of nitrogens with one attached hydrogen (secondary N) is 2. The van der Waals surface area contributed by atoms with Crippen LogP contribution in [0.4, 0.5) is 4.79 Å². The van der Waals surface area contributed by atoms with Gasteiger partial charge in [0.05, 0.1) is 11.7 Å². The first-order valence-corrected chi connectivity index (χ1v) is 20.1. The number of hydrogen-bond acceptors (Lipinski definition) is 10. The Morgan fingerprint density at radius 1 is 0.764 bits per heavy atom. The fourth-order valence-electron chi connectivity index (χ4n) is 5.08. The first-order chi connectivity index (χ1) is 26.0. The van der Waals surface area contributed by atoms with Gasteiger partial charge in [0, 0.05) is 13.1 Å². The molecule has 2 aromatic rings. The first-order valence-electron chi connectivity index (χ1n) is 18.2. The Hall–Kier alpha value is -4.79. The lowest BCUT2D eigenvalue weighted by Crippen LogP contribution is -2.49. The number of aliphatic imine (C=N–C) groups is 2. The van der Waals surface area contributed by atoms with Crippen LogP contribution in [-0.2, 0) is 46.4 Å². The van der Waals surface area contributed by atoms with Crippen LogP contribution in [0.25, 0.3) is 0 Å². The van der Waals surface area contributed by atoms with Gasteiger partial charge >= 0.3 is 24.0 Å². The molecule has 17 heteroatoms. The van der Waals surface area contributed by atoms with E-state index in [9.17, 15) is 24.3 Å². The number of carboxylic acid groups (broad SMARTS) is 1. The number of nitrogens with zero attached hydrogens (tertiary/aromatic N) is 3. The summed E-state index contributed by atoms with van der Waals surface area (Å²) in [6, 6.07) is 15.5. The largest absolute Gasteiger partial charge is 0.480 e. The highest BCUT2D eigenvalue weighted by Gasteiger charge is 2.39. The summed E-state index contributed by atoms with van der Waals surface area (Å²) in [7, 11) is -4.34. The molecule has 55 heavy (non-hydrogen) atoms. The molecule has 0 bridgehead atoms. The number of carboxylic acids is 1. The van der Waals surface area contributed by atoms with Gasteiger partial charge in [-0.05, 0) is 84.3 Å². The number of hydrogen-bond donors (Lipinski definition) is 5. The Bertz CT molecular complexity index is 1520. The molecule has 304 valence electrons. The number of carbonyl (C=O) groups is 4. The number of aliphatic carboxylic acids is 1. The molecule has 2 atom stereocenters. The number of unbranched alkanes of at least 4 members (excludes halogenated alkanes) is 2. The van der Waals surface area contributed by atoms with Crippen molar-refractivity contribution in [1.29, 1.82) is 0 Å². The van der Waals surface area contributed by atoms with Crippen molar-refractivity contribution >= 4 is 43.1 Å². The van der Waals surface area contributed by atoms with Crippen LogP contribution in [0.1, 0.15) is 84.3 Å². The van der Waals surface area contributed by atoms with E-state index >= 15 is 4.57 Å². The lowest BCUT2D eigenvalue weighted by molar-refractivity contribution is -0.147. The summed E-state index contributed by atoms with van der Waals surface area (Å²) in [5.41, 5.74) is 11.8. The van der Waals surface area contributed by atoms with Gasteiger partial charge in [0.25, 0.3) is 0 Å². The molecule has 0 spiro atoms. The molecule has 0 aliphatic rings. The molecule has 2 rings (SSSR count). The predicted octanol–water partition coefficient (Wildman–Crippen LogP) is 4.96. The number of carbonyl (C=O) groups excluding carboxylic acids is 3. The van der Waals surface area contributed by atoms with E-state index in [0.29, 0.717) is 50.4 Å². The highest BCUT2D eigenvalue weighted by atomic mass is 31.2. The van der Waals surface area contributed by atoms with Gasteiger partial charge in [-0.2, -0.15) is 0 Å². The Balaban J connectivity index is 2.54. The summed E-state index contributed by atoms with van der Waals surface area (Å²) in [4.78, 5) is 62.0. The number of amides is 1. The van der Waals surface area contributed by atoms with Crippen molar-refractivity contribution in [3.8, 4) is 0 Å². The predicted molar refractivity (Wildman–Crippen MR) is 211 cm³/mol. The Kier molecular flexibility index (Phi) is 20.1. The number of rotatable bonds is 24. The van der Waals surface area contributed by atoms with E-state index < -0.39 is 62.0 Å². The van der Waals surface area contributed by atoms with Crippen molar-refractivity contribution in [3.63, 3.8) is 0 Å². The highest BCUT2D eigenvalue weighted by molar-refractivity contribution is 7.59. The van der Waals surface area contributed by atoms with Crippen LogP contribution < -0.4 is 21.6 Å². The fraction of sp³-hybridized carbons (Fsp3) is 0.526. The zero-order valence-electron chi connectivity index (χ0n) is 32.6. The molecule has 0 heterocycles. The average molecular weight is 788 g/mol. The summed E-state index contributed by atoms with van der Waals surface area (Å²) >= 11 is 0. The second kappa shape index (κ2) is 23.9. The maximum Gasteiger partial charge on any atom is 0.411 e. The van der Waals surface area contributed by atoms with E-state index in [2.05, 4.69) is 20.2 Å². The molecule has 1 amide bonds. The van der Waals surface area contributed by atoms with E-state index in [1.54, 1.807) is 83.1 Å². The molecule has 0 aliphatic carbocycles. The van der Waals surface area contributed by atoms with Gasteiger partial charge in [0.2, 0.25) is 7.44 Å². The smallest absolute Gasteiger partial charge is 0.411 e. The van der Waals surface area contributed by atoms with E-state index in [1.807, 2.05) is 12.1 Å². The van der Waals surface area contributed by atoms with Gasteiger partial charge in [-0.15, -0.1) is 0 Å². The average Bonchev–Trinajstić information content (AvgIpc) is 3.11. The van der Waals surface area contributed by atoms with Crippen LogP contribution in [0, 0.1) is 0 Å². The molecule has 0 aromatic heterocycles. The summed E-state index contributed by atoms with van der Waals surface area (Å²) in [5, 5.41) is 15.5. The molecule has 0 saturated heterocycles. The van der Waals surface area contributed by atoms with Crippen LogP contribution in [-0.4, -0.2) is 89.3 Å². The van der Waals surface area contributed by atoms with E-state index in [4.69, 9.17) is 25.7 Å². The SMILES string of the molecule is CC(N)=NCCCCC(NP(=O)(CN(CC(=O)O)C(=O)OC(C)(C)C)NC(CCCCN=C(C)N)C(=O)OCc1ccccc1)C(=O)OCc1ccccc1. The van der Waals surface area contributed by atoms with Gasteiger partial charge in [-0.1, -0.05) is 60.7 Å². The molecule has 0 aliphatic heterocycles. The molecular formula is C38H58N7O9P. The molecule has 7 N–H and O–H groups in total. The number of ether oxygens (including phenoxy) is 3. The van der Waals surface area contributed by atoms with Crippen LogP contribution in [0.5, 0.6) is 0 Å². The van der Waals surface area contributed by atoms with Crippen molar-refractivity contribution in [2.24, 2.45) is 21.5 Å². The van der Waals surface area contributed by atoms with Crippen molar-refractivity contribution in [1.82, 2.24) is 15.1 Å². The Labute approximate surface area is 323 Å². The minimum atomic E-state index is -4.34. The van der Waals surface area contributed by atoms with Crippen molar-refractivity contribution in [2.75, 3.05) is 25.9 Å². The number of benzene rings is 2. The van der Waals surface area contributed by atoms with Crippen LogP contribution >= 0.6 is 7.44 Å². The zero-order valence-corrected chi connectivity index (χ0v) is 33.5. The molecule has 0 saturated carbocycles. The third-order valence-electron chi connectivity index (χ3n) is 7.62. The second-order valence-corrected chi connectivity index (χ2v) is 16.3.